The van der Waals surface area contributed by atoms with E-state index in [-0.39, 0.29) is 11.8 Å². The smallest absolute Gasteiger partial charge is 0.333 e. The highest BCUT2D eigenvalue weighted by Gasteiger charge is 2.26. The minimum Gasteiger partial charge on any atom is -0.335 e. The van der Waals surface area contributed by atoms with Crippen LogP contribution in [0.4, 0.5) is 0 Å². The van der Waals surface area contributed by atoms with Gasteiger partial charge in [0.1, 0.15) is 5.69 Å². The number of amides is 2. The Hall–Kier alpha value is -4.53. The van der Waals surface area contributed by atoms with Crippen LogP contribution >= 0.6 is 0 Å². The second kappa shape index (κ2) is 8.78. The molecule has 3 heterocycles. The summed E-state index contributed by atoms with van der Waals surface area (Å²) in [6, 6.07) is 18.5. The number of H-pyrrole nitrogens is 1. The summed E-state index contributed by atoms with van der Waals surface area (Å²) in [7, 11) is 0. The van der Waals surface area contributed by atoms with Gasteiger partial charge in [0.25, 0.3) is 17.4 Å². The number of nitrogens with zero attached hydrogens (tertiary/aromatic N) is 4. The van der Waals surface area contributed by atoms with E-state index in [9.17, 15) is 19.2 Å². The Morgan fingerprint density at radius 2 is 1.47 bits per heavy atom. The minimum atomic E-state index is -0.574. The predicted octanol–water partition coefficient (Wildman–Crippen LogP) is 1.67. The lowest BCUT2D eigenvalue weighted by Gasteiger charge is -2.34. The third-order valence-electron chi connectivity index (χ3n) is 5.90. The number of carbonyl (C=O) groups excluding carboxylic acids is 2. The molecule has 0 saturated carbocycles. The first kappa shape index (κ1) is 21.3. The number of fused-ring (bicyclic) bond motifs is 1. The fraction of sp³-hybridized carbons (Fsp3) is 0.160. The van der Waals surface area contributed by atoms with E-state index in [1.54, 1.807) is 76.7 Å². The largest absolute Gasteiger partial charge is 0.335 e. The first-order chi connectivity index (χ1) is 16.5. The quantitative estimate of drug-likeness (QED) is 0.506. The first-order valence-electron chi connectivity index (χ1n) is 10.9. The Morgan fingerprint density at radius 3 is 2.15 bits per heavy atom. The Bertz CT molecular complexity index is 1490. The number of nitrogens with one attached hydrogen (secondary N) is 1. The molecule has 1 N–H and O–H groups in total. The van der Waals surface area contributed by atoms with E-state index in [1.165, 1.54) is 6.07 Å². The molecule has 34 heavy (non-hydrogen) atoms. The van der Waals surface area contributed by atoms with Crippen molar-refractivity contribution in [1.29, 1.82) is 0 Å². The van der Waals surface area contributed by atoms with Gasteiger partial charge in [-0.25, -0.2) is 9.36 Å². The van der Waals surface area contributed by atoms with Crippen molar-refractivity contribution in [3.63, 3.8) is 0 Å². The maximum atomic E-state index is 13.1. The SMILES string of the molecule is O=C(c1ccc2c(=O)n(-c3ccccc3)c(=O)[nH]c2c1)N1CCN(C(=O)c2ccccn2)CC1. The summed E-state index contributed by atoms with van der Waals surface area (Å²) in [4.78, 5) is 61.4. The summed E-state index contributed by atoms with van der Waals surface area (Å²) >= 11 is 0. The molecular formula is C25H21N5O4. The average Bonchev–Trinajstić information content (AvgIpc) is 2.89. The second-order valence-corrected chi connectivity index (χ2v) is 7.97. The van der Waals surface area contributed by atoms with Gasteiger partial charge in [-0.2, -0.15) is 0 Å². The monoisotopic (exact) mass is 455 g/mol. The molecule has 5 rings (SSSR count). The van der Waals surface area contributed by atoms with Crippen molar-refractivity contribution in [3.8, 4) is 5.69 Å². The van der Waals surface area contributed by atoms with Crippen molar-refractivity contribution in [3.05, 3.63) is 105 Å². The van der Waals surface area contributed by atoms with Crippen LogP contribution in [0.5, 0.6) is 0 Å². The fourth-order valence-electron chi connectivity index (χ4n) is 4.11. The molecule has 2 amide bonds. The average molecular weight is 455 g/mol. The van der Waals surface area contributed by atoms with Crippen LogP contribution in [0.25, 0.3) is 16.6 Å². The Balaban J connectivity index is 1.36. The minimum absolute atomic E-state index is 0.161. The Morgan fingerprint density at radius 1 is 0.794 bits per heavy atom. The molecule has 0 bridgehead atoms. The van der Waals surface area contributed by atoms with E-state index in [0.717, 1.165) is 4.57 Å². The fourth-order valence-corrected chi connectivity index (χ4v) is 4.11. The number of aromatic nitrogens is 3. The van der Waals surface area contributed by atoms with Gasteiger partial charge in [0.2, 0.25) is 0 Å². The first-order valence-corrected chi connectivity index (χ1v) is 10.9. The number of aromatic amines is 1. The molecule has 0 atom stereocenters. The van der Waals surface area contributed by atoms with Gasteiger partial charge in [-0.3, -0.25) is 19.4 Å². The van der Waals surface area contributed by atoms with E-state index in [1.807, 2.05) is 0 Å². The highest BCUT2D eigenvalue weighted by atomic mass is 16.2. The summed E-state index contributed by atoms with van der Waals surface area (Å²) in [5.41, 5.74) is 0.484. The third kappa shape index (κ3) is 3.88. The molecule has 1 saturated heterocycles. The number of benzene rings is 2. The second-order valence-electron chi connectivity index (χ2n) is 7.97. The summed E-state index contributed by atoms with van der Waals surface area (Å²) in [6.45, 7) is 1.55. The summed E-state index contributed by atoms with van der Waals surface area (Å²) < 4.78 is 1.07. The summed E-state index contributed by atoms with van der Waals surface area (Å²) in [6.07, 6.45) is 1.58. The third-order valence-corrected chi connectivity index (χ3v) is 5.90. The topological polar surface area (TPSA) is 108 Å². The van der Waals surface area contributed by atoms with Gasteiger partial charge in [-0.1, -0.05) is 24.3 Å². The zero-order valence-corrected chi connectivity index (χ0v) is 18.2. The maximum absolute atomic E-state index is 13.1. The van der Waals surface area contributed by atoms with Crippen molar-refractivity contribution in [2.24, 2.45) is 0 Å². The van der Waals surface area contributed by atoms with Gasteiger partial charge in [-0.15, -0.1) is 0 Å². The molecular weight excluding hydrogens is 434 g/mol. The van der Waals surface area contributed by atoms with E-state index in [0.29, 0.717) is 54.0 Å². The lowest BCUT2D eigenvalue weighted by molar-refractivity contribution is 0.0532. The van der Waals surface area contributed by atoms with Gasteiger partial charge < -0.3 is 14.8 Å². The molecule has 2 aromatic carbocycles. The van der Waals surface area contributed by atoms with Crippen molar-refractivity contribution in [2.75, 3.05) is 26.2 Å². The van der Waals surface area contributed by atoms with Crippen LogP contribution in [0.2, 0.25) is 0 Å². The standard InChI is InChI=1S/C25H21N5O4/c31-22(28-12-14-29(15-13-28)24(33)20-8-4-5-11-26-20)17-9-10-19-21(16-17)27-25(34)30(23(19)32)18-6-2-1-3-7-18/h1-11,16H,12-15H2,(H,27,34). The highest BCUT2D eigenvalue weighted by Crippen LogP contribution is 2.15. The van der Waals surface area contributed by atoms with Crippen LogP contribution in [0, 0.1) is 0 Å². The van der Waals surface area contributed by atoms with Crippen LogP contribution in [-0.2, 0) is 0 Å². The lowest BCUT2D eigenvalue weighted by atomic mass is 10.1. The summed E-state index contributed by atoms with van der Waals surface area (Å²) in [5.74, 6) is -0.384. The number of hydrogen-bond acceptors (Lipinski definition) is 5. The molecule has 170 valence electrons. The van der Waals surface area contributed by atoms with Crippen LogP contribution < -0.4 is 11.2 Å². The summed E-state index contributed by atoms with van der Waals surface area (Å²) in [5, 5.41) is 0.311. The molecule has 0 aliphatic carbocycles. The van der Waals surface area contributed by atoms with E-state index >= 15 is 0 Å². The van der Waals surface area contributed by atoms with Gasteiger partial charge in [0.05, 0.1) is 16.6 Å². The Labute approximate surface area is 193 Å². The molecule has 1 aliphatic rings. The highest BCUT2D eigenvalue weighted by molar-refractivity contribution is 5.98. The molecule has 0 spiro atoms. The zero-order valence-electron chi connectivity index (χ0n) is 18.2. The zero-order chi connectivity index (χ0) is 23.7. The van der Waals surface area contributed by atoms with Crippen LogP contribution in [0.3, 0.4) is 0 Å². The number of rotatable bonds is 3. The maximum Gasteiger partial charge on any atom is 0.333 e. The van der Waals surface area contributed by atoms with Crippen molar-refractivity contribution >= 4 is 22.7 Å². The number of hydrogen-bond donors (Lipinski definition) is 1. The number of para-hydroxylation sites is 1. The molecule has 1 fully saturated rings. The number of piperazine rings is 1. The van der Waals surface area contributed by atoms with Crippen LogP contribution in [0.1, 0.15) is 20.8 Å². The van der Waals surface area contributed by atoms with E-state index < -0.39 is 11.2 Å². The van der Waals surface area contributed by atoms with Gasteiger partial charge in [-0.05, 0) is 42.5 Å². The van der Waals surface area contributed by atoms with Crippen LogP contribution in [0.15, 0.2) is 82.5 Å². The van der Waals surface area contributed by atoms with Gasteiger partial charge in [0.15, 0.2) is 0 Å². The molecule has 9 heteroatoms. The molecule has 0 radical (unpaired) electrons. The van der Waals surface area contributed by atoms with Gasteiger partial charge in [0, 0.05) is 37.9 Å². The van der Waals surface area contributed by atoms with Crippen molar-refractivity contribution in [2.45, 2.75) is 0 Å². The molecule has 4 aromatic rings. The van der Waals surface area contributed by atoms with E-state index in [4.69, 9.17) is 0 Å². The molecule has 0 unspecified atom stereocenters. The normalized spacial score (nSPS) is 13.8. The van der Waals surface area contributed by atoms with Gasteiger partial charge >= 0.3 is 5.69 Å². The molecule has 9 nitrogen and oxygen atoms in total. The van der Waals surface area contributed by atoms with E-state index in [2.05, 4.69) is 9.97 Å². The van der Waals surface area contributed by atoms with Crippen molar-refractivity contribution < 1.29 is 9.59 Å². The van der Waals surface area contributed by atoms with Crippen LogP contribution in [-0.4, -0.2) is 62.3 Å². The number of carbonyl (C=O) groups is 2. The molecule has 1 aliphatic heterocycles. The number of pyridine rings is 1. The lowest BCUT2D eigenvalue weighted by Crippen LogP contribution is -2.50. The Kier molecular flexibility index (Phi) is 5.51. The van der Waals surface area contributed by atoms with Crippen molar-refractivity contribution in [1.82, 2.24) is 24.3 Å². The predicted molar refractivity (Wildman–Crippen MR) is 126 cm³/mol. The molecule has 2 aromatic heterocycles.